The molecule has 7 nitrogen and oxygen atoms in total. The number of nitrogens with zero attached hydrogens (tertiary/aromatic N) is 3. The van der Waals surface area contributed by atoms with E-state index in [9.17, 15) is 9.59 Å². The SMILES string of the molecule is COc1ccc2nc(Cl)c(C3CC(c4ccc(C)cc4)=NN3C(=O)CCC(=O)O)cc2c1. The molecule has 2 heterocycles. The minimum Gasteiger partial charge on any atom is -0.497 e. The molecule has 1 atom stereocenters. The molecule has 0 spiro atoms. The lowest BCUT2D eigenvalue weighted by atomic mass is 9.97. The molecule has 32 heavy (non-hydrogen) atoms. The molecule has 2 aromatic carbocycles. The molecule has 8 heteroatoms. The maximum Gasteiger partial charge on any atom is 0.303 e. The Hall–Kier alpha value is -3.45. The van der Waals surface area contributed by atoms with Gasteiger partial charge in [0.25, 0.3) is 0 Å². The van der Waals surface area contributed by atoms with Gasteiger partial charge in [0, 0.05) is 23.8 Å². The summed E-state index contributed by atoms with van der Waals surface area (Å²) in [6, 6.07) is 14.8. The van der Waals surface area contributed by atoms with Gasteiger partial charge >= 0.3 is 5.97 Å². The van der Waals surface area contributed by atoms with Crippen LogP contribution < -0.4 is 4.74 Å². The molecule has 3 aromatic rings. The number of ether oxygens (including phenoxy) is 1. The van der Waals surface area contributed by atoms with E-state index in [1.165, 1.54) is 5.01 Å². The second-order valence-electron chi connectivity index (χ2n) is 7.69. The average Bonchev–Trinajstić information content (AvgIpc) is 3.22. The molecule has 0 bridgehead atoms. The summed E-state index contributed by atoms with van der Waals surface area (Å²) in [5.41, 5.74) is 4.12. The number of hydrogen-bond acceptors (Lipinski definition) is 5. The van der Waals surface area contributed by atoms with Crippen LogP contribution in [0.1, 0.15) is 42.0 Å². The van der Waals surface area contributed by atoms with Crippen LogP contribution in [0.2, 0.25) is 5.15 Å². The Kier molecular flexibility index (Phi) is 6.10. The third kappa shape index (κ3) is 4.43. The van der Waals surface area contributed by atoms with Crippen molar-refractivity contribution in [1.82, 2.24) is 9.99 Å². The Labute approximate surface area is 190 Å². The van der Waals surface area contributed by atoms with Gasteiger partial charge in [-0.15, -0.1) is 0 Å². The average molecular weight is 452 g/mol. The number of fused-ring (bicyclic) bond motifs is 1. The van der Waals surface area contributed by atoms with E-state index < -0.39 is 12.0 Å². The first-order valence-electron chi connectivity index (χ1n) is 10.2. The van der Waals surface area contributed by atoms with Gasteiger partial charge in [0.15, 0.2) is 0 Å². The normalized spacial score (nSPS) is 15.7. The monoisotopic (exact) mass is 451 g/mol. The number of halogens is 1. The van der Waals surface area contributed by atoms with Gasteiger partial charge in [-0.3, -0.25) is 9.59 Å². The van der Waals surface area contributed by atoms with Crippen molar-refractivity contribution in [1.29, 1.82) is 0 Å². The molecule has 1 aliphatic rings. The fourth-order valence-electron chi connectivity index (χ4n) is 3.74. The molecule has 0 fully saturated rings. The molecule has 1 unspecified atom stereocenters. The standard InChI is InChI=1S/C24H22ClN3O4/c1-14-3-5-15(6-4-14)20-13-21(28(27-20)22(29)9-10-23(30)31)18-12-16-11-17(32-2)7-8-19(16)26-24(18)25/h3-8,11-12,21H,9-10,13H2,1-2H3,(H,30,31). The Bertz CT molecular complexity index is 1220. The molecule has 0 aliphatic carbocycles. The van der Waals surface area contributed by atoms with E-state index in [-0.39, 0.29) is 23.9 Å². The van der Waals surface area contributed by atoms with Crippen LogP contribution in [0.25, 0.3) is 10.9 Å². The number of methoxy groups -OCH3 is 1. The van der Waals surface area contributed by atoms with Crippen molar-refractivity contribution in [3.8, 4) is 5.75 Å². The molecule has 1 aliphatic heterocycles. The van der Waals surface area contributed by atoms with E-state index in [1.54, 1.807) is 13.2 Å². The number of aliphatic carboxylic acids is 1. The predicted octanol–water partition coefficient (Wildman–Crippen LogP) is 4.75. The van der Waals surface area contributed by atoms with Crippen LogP contribution in [0.15, 0.2) is 53.6 Å². The van der Waals surface area contributed by atoms with Crippen molar-refractivity contribution >= 4 is 40.1 Å². The fraction of sp³-hybridized carbons (Fsp3) is 0.250. The van der Waals surface area contributed by atoms with Gasteiger partial charge < -0.3 is 9.84 Å². The van der Waals surface area contributed by atoms with E-state index in [0.717, 1.165) is 22.2 Å². The molecule has 1 amide bonds. The van der Waals surface area contributed by atoms with Gasteiger partial charge in [-0.2, -0.15) is 5.10 Å². The van der Waals surface area contributed by atoms with Gasteiger partial charge in [0.1, 0.15) is 10.9 Å². The number of carboxylic acid groups (broad SMARTS) is 1. The van der Waals surface area contributed by atoms with Gasteiger partial charge in [0.05, 0.1) is 30.8 Å². The Morgan fingerprint density at radius 3 is 2.59 bits per heavy atom. The second-order valence-corrected chi connectivity index (χ2v) is 8.05. The highest BCUT2D eigenvalue weighted by Crippen LogP contribution is 2.38. The molecular formula is C24H22ClN3O4. The molecular weight excluding hydrogens is 430 g/mol. The van der Waals surface area contributed by atoms with Gasteiger partial charge in [-0.25, -0.2) is 9.99 Å². The Morgan fingerprint density at radius 1 is 1.16 bits per heavy atom. The number of rotatable bonds is 6. The predicted molar refractivity (Wildman–Crippen MR) is 122 cm³/mol. The topological polar surface area (TPSA) is 92.1 Å². The molecule has 164 valence electrons. The number of carbonyl (C=O) groups is 2. The molecule has 0 saturated heterocycles. The summed E-state index contributed by atoms with van der Waals surface area (Å²) in [6.07, 6.45) is 0.0278. The zero-order valence-corrected chi connectivity index (χ0v) is 18.5. The Balaban J connectivity index is 1.74. The van der Waals surface area contributed by atoms with Crippen LogP contribution >= 0.6 is 11.6 Å². The van der Waals surface area contributed by atoms with E-state index in [2.05, 4.69) is 10.1 Å². The quantitative estimate of drug-likeness (QED) is 0.546. The number of hydrogen-bond donors (Lipinski definition) is 1. The number of aromatic nitrogens is 1. The highest BCUT2D eigenvalue weighted by molar-refractivity contribution is 6.30. The molecule has 0 radical (unpaired) electrons. The molecule has 4 rings (SSSR count). The molecule has 1 N–H and O–H groups in total. The number of aryl methyl sites for hydroxylation is 1. The fourth-order valence-corrected chi connectivity index (χ4v) is 4.01. The third-order valence-electron chi connectivity index (χ3n) is 5.46. The highest BCUT2D eigenvalue weighted by atomic mass is 35.5. The van der Waals surface area contributed by atoms with Crippen molar-refractivity contribution in [2.75, 3.05) is 7.11 Å². The van der Waals surface area contributed by atoms with Crippen LogP contribution in [-0.2, 0) is 9.59 Å². The van der Waals surface area contributed by atoms with Crippen molar-refractivity contribution < 1.29 is 19.4 Å². The largest absolute Gasteiger partial charge is 0.497 e. The Morgan fingerprint density at radius 2 is 1.91 bits per heavy atom. The first-order valence-corrected chi connectivity index (χ1v) is 10.6. The summed E-state index contributed by atoms with van der Waals surface area (Å²) >= 11 is 6.54. The van der Waals surface area contributed by atoms with E-state index >= 15 is 0 Å². The van der Waals surface area contributed by atoms with Crippen LogP contribution in [-0.4, -0.2) is 39.8 Å². The maximum absolute atomic E-state index is 12.9. The summed E-state index contributed by atoms with van der Waals surface area (Å²) in [6.45, 7) is 2.00. The van der Waals surface area contributed by atoms with Crippen molar-refractivity contribution in [3.05, 3.63) is 70.4 Å². The summed E-state index contributed by atoms with van der Waals surface area (Å²) in [5.74, 6) is -0.722. The van der Waals surface area contributed by atoms with Crippen molar-refractivity contribution in [3.63, 3.8) is 0 Å². The van der Waals surface area contributed by atoms with Crippen LogP contribution in [0, 0.1) is 6.92 Å². The van der Waals surface area contributed by atoms with E-state index in [1.807, 2.05) is 49.4 Å². The van der Waals surface area contributed by atoms with Gasteiger partial charge in [-0.1, -0.05) is 41.4 Å². The summed E-state index contributed by atoms with van der Waals surface area (Å²) in [5, 5.41) is 16.0. The van der Waals surface area contributed by atoms with Gasteiger partial charge in [0.2, 0.25) is 5.91 Å². The summed E-state index contributed by atoms with van der Waals surface area (Å²) in [4.78, 5) is 28.4. The number of carboxylic acids is 1. The number of amides is 1. The smallest absolute Gasteiger partial charge is 0.303 e. The van der Waals surface area contributed by atoms with Crippen LogP contribution in [0.3, 0.4) is 0 Å². The second kappa shape index (κ2) is 8.96. The lowest BCUT2D eigenvalue weighted by molar-refractivity contribution is -0.141. The number of carbonyl (C=O) groups excluding carboxylic acids is 1. The first-order chi connectivity index (χ1) is 15.4. The van der Waals surface area contributed by atoms with E-state index in [4.69, 9.17) is 21.4 Å². The first kappa shape index (κ1) is 21.8. The van der Waals surface area contributed by atoms with Crippen LogP contribution in [0.5, 0.6) is 5.75 Å². The number of benzene rings is 2. The van der Waals surface area contributed by atoms with Crippen molar-refractivity contribution in [2.24, 2.45) is 5.10 Å². The highest BCUT2D eigenvalue weighted by Gasteiger charge is 2.35. The minimum atomic E-state index is -1.03. The van der Waals surface area contributed by atoms with E-state index in [0.29, 0.717) is 23.3 Å². The molecule has 0 saturated carbocycles. The minimum absolute atomic E-state index is 0.150. The summed E-state index contributed by atoms with van der Waals surface area (Å²) < 4.78 is 5.31. The van der Waals surface area contributed by atoms with Gasteiger partial charge in [-0.05, 0) is 36.8 Å². The lowest BCUT2D eigenvalue weighted by Gasteiger charge is -2.23. The van der Waals surface area contributed by atoms with Crippen molar-refractivity contribution in [2.45, 2.75) is 32.2 Å². The summed E-state index contributed by atoms with van der Waals surface area (Å²) in [7, 11) is 1.59. The maximum atomic E-state index is 12.9. The van der Waals surface area contributed by atoms with Crippen LogP contribution in [0.4, 0.5) is 0 Å². The number of hydrazone groups is 1. The lowest BCUT2D eigenvalue weighted by Crippen LogP contribution is -2.27. The number of pyridine rings is 1. The zero-order chi connectivity index (χ0) is 22.8. The third-order valence-corrected chi connectivity index (χ3v) is 5.77. The molecule has 1 aromatic heterocycles. The zero-order valence-electron chi connectivity index (χ0n) is 17.7.